The molecule has 0 radical (unpaired) electrons. The highest BCUT2D eigenvalue weighted by molar-refractivity contribution is 5.53. The molecule has 112 valence electrons. The molecular weight excluding hydrogens is 260 g/mol. The molecule has 1 N–H and O–H groups in total. The van der Waals surface area contributed by atoms with Crippen LogP contribution in [0.3, 0.4) is 0 Å². The number of imidazole rings is 1. The van der Waals surface area contributed by atoms with E-state index in [-0.39, 0.29) is 0 Å². The van der Waals surface area contributed by atoms with Gasteiger partial charge in [-0.05, 0) is 43.0 Å². The molecule has 0 spiro atoms. The number of hydrogen-bond acceptors (Lipinski definition) is 3. The van der Waals surface area contributed by atoms with Crippen LogP contribution in [0.5, 0.6) is 0 Å². The first-order valence-electron chi connectivity index (χ1n) is 7.86. The third-order valence-electron chi connectivity index (χ3n) is 3.91. The molecule has 4 heteroatoms. The summed E-state index contributed by atoms with van der Waals surface area (Å²) in [6, 6.07) is 8.78. The number of rotatable bonds is 5. The molecule has 2 aromatic rings. The summed E-state index contributed by atoms with van der Waals surface area (Å²) >= 11 is 0. The summed E-state index contributed by atoms with van der Waals surface area (Å²) < 4.78 is 2.11. The van der Waals surface area contributed by atoms with Crippen LogP contribution in [0.25, 0.3) is 5.69 Å². The van der Waals surface area contributed by atoms with Crippen LogP contribution in [-0.2, 0) is 0 Å². The van der Waals surface area contributed by atoms with E-state index in [2.05, 4.69) is 57.9 Å². The van der Waals surface area contributed by atoms with Crippen LogP contribution >= 0.6 is 0 Å². The molecule has 1 aromatic heterocycles. The largest absolute Gasteiger partial charge is 0.372 e. The summed E-state index contributed by atoms with van der Waals surface area (Å²) in [4.78, 5) is 6.86. The third-order valence-corrected chi connectivity index (χ3v) is 3.91. The van der Waals surface area contributed by atoms with E-state index < -0.39 is 0 Å². The molecule has 21 heavy (non-hydrogen) atoms. The molecule has 3 rings (SSSR count). The Bertz CT molecular complexity index is 565. The second-order valence-corrected chi connectivity index (χ2v) is 6.11. The lowest BCUT2D eigenvalue weighted by atomic mass is 10.2. The number of anilines is 2. The Morgan fingerprint density at radius 1 is 1.10 bits per heavy atom. The highest BCUT2D eigenvalue weighted by Gasteiger charge is 2.12. The lowest BCUT2D eigenvalue weighted by molar-refractivity contribution is 0.683. The van der Waals surface area contributed by atoms with Crippen LogP contribution in [0.1, 0.15) is 26.7 Å². The monoisotopic (exact) mass is 284 g/mol. The summed E-state index contributed by atoms with van der Waals surface area (Å²) in [5, 5.41) is 3.40. The van der Waals surface area contributed by atoms with Crippen molar-refractivity contribution in [2.24, 2.45) is 5.92 Å². The van der Waals surface area contributed by atoms with Crippen molar-refractivity contribution < 1.29 is 0 Å². The van der Waals surface area contributed by atoms with Gasteiger partial charge in [-0.1, -0.05) is 13.8 Å². The van der Waals surface area contributed by atoms with Gasteiger partial charge in [-0.25, -0.2) is 4.98 Å². The maximum Gasteiger partial charge on any atom is 0.207 e. The summed E-state index contributed by atoms with van der Waals surface area (Å²) in [7, 11) is 0. The van der Waals surface area contributed by atoms with E-state index in [1.165, 1.54) is 31.6 Å². The van der Waals surface area contributed by atoms with Gasteiger partial charge in [0.25, 0.3) is 0 Å². The van der Waals surface area contributed by atoms with E-state index in [0.717, 1.165) is 18.2 Å². The molecule has 4 nitrogen and oxygen atoms in total. The predicted octanol–water partition coefficient (Wildman–Crippen LogP) is 3.54. The van der Waals surface area contributed by atoms with Crippen LogP contribution < -0.4 is 10.2 Å². The van der Waals surface area contributed by atoms with Crippen LogP contribution in [0.4, 0.5) is 11.6 Å². The highest BCUT2D eigenvalue weighted by Crippen LogP contribution is 2.23. The quantitative estimate of drug-likeness (QED) is 0.911. The number of hydrogen-bond donors (Lipinski definition) is 1. The number of nitrogens with one attached hydrogen (secondary N) is 1. The molecule has 1 aromatic carbocycles. The van der Waals surface area contributed by atoms with Crippen molar-refractivity contribution in [2.75, 3.05) is 29.9 Å². The standard InChI is InChI=1S/C17H24N4/c1-14(2)13-19-17-18-9-12-21(17)16-7-5-15(6-8-16)20-10-3-4-11-20/h5-9,12,14H,3-4,10-11,13H2,1-2H3,(H,18,19). The minimum atomic E-state index is 0.604. The predicted molar refractivity (Wildman–Crippen MR) is 88.3 cm³/mol. The van der Waals surface area contributed by atoms with Gasteiger partial charge < -0.3 is 10.2 Å². The van der Waals surface area contributed by atoms with Crippen molar-refractivity contribution in [3.63, 3.8) is 0 Å². The van der Waals surface area contributed by atoms with E-state index in [0.29, 0.717) is 5.92 Å². The van der Waals surface area contributed by atoms with E-state index in [4.69, 9.17) is 0 Å². The second kappa shape index (κ2) is 6.20. The van der Waals surface area contributed by atoms with Gasteiger partial charge in [0.2, 0.25) is 5.95 Å². The first kappa shape index (κ1) is 14.0. The SMILES string of the molecule is CC(C)CNc1nccn1-c1ccc(N2CCCC2)cc1. The Labute approximate surface area is 126 Å². The number of nitrogens with zero attached hydrogens (tertiary/aromatic N) is 3. The summed E-state index contributed by atoms with van der Waals surface area (Å²) in [5.41, 5.74) is 2.48. The molecule has 0 atom stereocenters. The van der Waals surface area contributed by atoms with Crippen molar-refractivity contribution in [1.29, 1.82) is 0 Å². The lowest BCUT2D eigenvalue weighted by Crippen LogP contribution is -2.17. The molecule has 0 bridgehead atoms. The van der Waals surface area contributed by atoms with Gasteiger partial charge in [0.1, 0.15) is 0 Å². The average Bonchev–Trinajstić information content (AvgIpc) is 3.17. The number of benzene rings is 1. The van der Waals surface area contributed by atoms with Crippen molar-refractivity contribution >= 4 is 11.6 Å². The zero-order valence-corrected chi connectivity index (χ0v) is 12.9. The minimum absolute atomic E-state index is 0.604. The van der Waals surface area contributed by atoms with E-state index >= 15 is 0 Å². The molecule has 1 aliphatic heterocycles. The Hall–Kier alpha value is -1.97. The Kier molecular flexibility index (Phi) is 4.13. The van der Waals surface area contributed by atoms with Gasteiger partial charge in [0.15, 0.2) is 0 Å². The lowest BCUT2D eigenvalue weighted by Gasteiger charge is -2.18. The van der Waals surface area contributed by atoms with E-state index in [1.807, 2.05) is 12.4 Å². The van der Waals surface area contributed by atoms with Crippen LogP contribution in [0.15, 0.2) is 36.7 Å². The Balaban J connectivity index is 1.76. The molecule has 2 heterocycles. The maximum atomic E-state index is 4.41. The number of aromatic nitrogens is 2. The van der Waals surface area contributed by atoms with Crippen LogP contribution in [-0.4, -0.2) is 29.2 Å². The first-order chi connectivity index (χ1) is 10.2. The smallest absolute Gasteiger partial charge is 0.207 e. The van der Waals surface area contributed by atoms with Crippen LogP contribution in [0, 0.1) is 5.92 Å². The van der Waals surface area contributed by atoms with Gasteiger partial charge in [0.05, 0.1) is 0 Å². The van der Waals surface area contributed by atoms with Gasteiger partial charge in [-0.15, -0.1) is 0 Å². The molecule has 0 unspecified atom stereocenters. The maximum absolute atomic E-state index is 4.41. The molecule has 1 aliphatic rings. The molecular formula is C17H24N4. The van der Waals surface area contributed by atoms with Gasteiger partial charge in [-0.3, -0.25) is 4.57 Å². The van der Waals surface area contributed by atoms with E-state index in [1.54, 1.807) is 0 Å². The zero-order valence-electron chi connectivity index (χ0n) is 12.9. The first-order valence-corrected chi connectivity index (χ1v) is 7.86. The molecule has 0 amide bonds. The Morgan fingerprint density at radius 2 is 1.76 bits per heavy atom. The summed E-state index contributed by atoms with van der Waals surface area (Å²) in [6.45, 7) is 7.70. The van der Waals surface area contributed by atoms with Crippen molar-refractivity contribution in [3.05, 3.63) is 36.7 Å². The molecule has 1 fully saturated rings. The van der Waals surface area contributed by atoms with Crippen molar-refractivity contribution in [2.45, 2.75) is 26.7 Å². The zero-order chi connectivity index (χ0) is 14.7. The molecule has 1 saturated heterocycles. The van der Waals surface area contributed by atoms with Gasteiger partial charge in [-0.2, -0.15) is 0 Å². The minimum Gasteiger partial charge on any atom is -0.372 e. The average molecular weight is 284 g/mol. The fraction of sp³-hybridized carbons (Fsp3) is 0.471. The third kappa shape index (κ3) is 3.20. The van der Waals surface area contributed by atoms with Crippen molar-refractivity contribution in [1.82, 2.24) is 9.55 Å². The van der Waals surface area contributed by atoms with E-state index in [9.17, 15) is 0 Å². The fourth-order valence-corrected chi connectivity index (χ4v) is 2.74. The topological polar surface area (TPSA) is 33.1 Å². The van der Waals surface area contributed by atoms with Gasteiger partial charge in [0, 0.05) is 43.4 Å². The Morgan fingerprint density at radius 3 is 2.43 bits per heavy atom. The van der Waals surface area contributed by atoms with Crippen molar-refractivity contribution in [3.8, 4) is 5.69 Å². The normalized spacial score (nSPS) is 14.9. The fourth-order valence-electron chi connectivity index (χ4n) is 2.74. The second-order valence-electron chi connectivity index (χ2n) is 6.11. The highest BCUT2D eigenvalue weighted by atomic mass is 15.2. The van der Waals surface area contributed by atoms with Gasteiger partial charge >= 0.3 is 0 Å². The summed E-state index contributed by atoms with van der Waals surface area (Å²) in [5.74, 6) is 1.52. The van der Waals surface area contributed by atoms with Crippen LogP contribution in [0.2, 0.25) is 0 Å². The summed E-state index contributed by atoms with van der Waals surface area (Å²) in [6.07, 6.45) is 6.48. The molecule has 0 aliphatic carbocycles. The molecule has 0 saturated carbocycles.